The van der Waals surface area contributed by atoms with E-state index in [2.05, 4.69) is 5.32 Å². The van der Waals surface area contributed by atoms with Crippen molar-refractivity contribution in [2.75, 3.05) is 37.8 Å². The van der Waals surface area contributed by atoms with Crippen LogP contribution < -0.4 is 5.32 Å². The summed E-state index contributed by atoms with van der Waals surface area (Å²) in [6.45, 7) is 4.74. The molecule has 1 unspecified atom stereocenters. The third kappa shape index (κ3) is 3.17. The lowest BCUT2D eigenvalue weighted by atomic mass is 10.2. The Kier molecular flexibility index (Phi) is 4.88. The third-order valence-corrected chi connectivity index (χ3v) is 4.36. The number of thioether (sulfide) groups is 1. The molecule has 2 aliphatic heterocycles. The van der Waals surface area contributed by atoms with E-state index in [1.54, 1.807) is 11.8 Å². The average molecular weight is 271 g/mol. The van der Waals surface area contributed by atoms with Crippen LogP contribution in [0.1, 0.15) is 19.8 Å². The first-order valence-electron chi connectivity index (χ1n) is 6.60. The van der Waals surface area contributed by atoms with Crippen molar-refractivity contribution in [3.05, 3.63) is 0 Å². The molecule has 0 aromatic heterocycles. The van der Waals surface area contributed by atoms with Gasteiger partial charge in [0, 0.05) is 44.2 Å². The Bertz CT molecular complexity index is 310. The van der Waals surface area contributed by atoms with E-state index in [-0.39, 0.29) is 17.9 Å². The molecule has 0 radical (unpaired) electrons. The van der Waals surface area contributed by atoms with E-state index >= 15 is 0 Å². The van der Waals surface area contributed by atoms with Crippen LogP contribution in [0.4, 0.5) is 0 Å². The molecule has 0 bridgehead atoms. The van der Waals surface area contributed by atoms with Gasteiger partial charge in [0.15, 0.2) is 0 Å². The highest BCUT2D eigenvalue weighted by molar-refractivity contribution is 7.99. The number of nitrogens with zero attached hydrogens (tertiary/aromatic N) is 2. The van der Waals surface area contributed by atoms with Gasteiger partial charge in [0.1, 0.15) is 0 Å². The molecule has 2 fully saturated rings. The highest BCUT2D eigenvalue weighted by atomic mass is 32.2. The predicted molar refractivity (Wildman–Crippen MR) is 72.3 cm³/mol. The number of amides is 2. The highest BCUT2D eigenvalue weighted by Crippen LogP contribution is 2.13. The van der Waals surface area contributed by atoms with Gasteiger partial charge in [-0.3, -0.25) is 14.9 Å². The second-order valence-corrected chi connectivity index (χ2v) is 5.76. The largest absolute Gasteiger partial charge is 0.339 e. The molecule has 0 spiro atoms. The average Bonchev–Trinajstić information content (AvgIpc) is 2.92. The van der Waals surface area contributed by atoms with Crippen molar-refractivity contribution in [3.63, 3.8) is 0 Å². The van der Waals surface area contributed by atoms with Gasteiger partial charge in [0.2, 0.25) is 11.8 Å². The third-order valence-electron chi connectivity index (χ3n) is 3.42. The maximum absolute atomic E-state index is 12.1. The minimum absolute atomic E-state index is 0.0205. The first-order chi connectivity index (χ1) is 8.72. The summed E-state index contributed by atoms with van der Waals surface area (Å²) in [5.74, 6) is 2.15. The molecule has 2 aliphatic rings. The summed E-state index contributed by atoms with van der Waals surface area (Å²) in [6.07, 6.45) is 1.51. The number of carbonyl (C=O) groups is 2. The van der Waals surface area contributed by atoms with Gasteiger partial charge < -0.3 is 9.80 Å². The fourth-order valence-electron chi connectivity index (χ4n) is 2.32. The second kappa shape index (κ2) is 6.43. The van der Waals surface area contributed by atoms with E-state index in [0.29, 0.717) is 32.6 Å². The van der Waals surface area contributed by atoms with Gasteiger partial charge in [0.05, 0.1) is 6.04 Å². The molecule has 18 heavy (non-hydrogen) atoms. The lowest BCUT2D eigenvalue weighted by molar-refractivity contribution is -0.140. The quantitative estimate of drug-likeness (QED) is 0.792. The van der Waals surface area contributed by atoms with Gasteiger partial charge in [-0.15, -0.1) is 11.8 Å². The zero-order valence-corrected chi connectivity index (χ0v) is 11.7. The second-order valence-electron chi connectivity index (χ2n) is 4.73. The van der Waals surface area contributed by atoms with Crippen LogP contribution in [0, 0.1) is 0 Å². The normalized spacial score (nSPS) is 24.4. The van der Waals surface area contributed by atoms with Crippen LogP contribution in [0.15, 0.2) is 0 Å². The predicted octanol–water partition coefficient (Wildman–Crippen LogP) is 0.120. The zero-order chi connectivity index (χ0) is 13.0. The molecule has 5 nitrogen and oxygen atoms in total. The number of piperazine rings is 1. The van der Waals surface area contributed by atoms with Crippen molar-refractivity contribution in [2.24, 2.45) is 0 Å². The number of hydrogen-bond donors (Lipinski definition) is 1. The summed E-state index contributed by atoms with van der Waals surface area (Å²) in [5.41, 5.74) is 0. The fourth-order valence-corrected chi connectivity index (χ4v) is 3.26. The van der Waals surface area contributed by atoms with Crippen LogP contribution in [-0.2, 0) is 9.59 Å². The van der Waals surface area contributed by atoms with E-state index in [1.807, 2.05) is 16.7 Å². The van der Waals surface area contributed by atoms with Crippen molar-refractivity contribution in [3.8, 4) is 0 Å². The Labute approximate surface area is 112 Å². The molecule has 0 aliphatic carbocycles. The topological polar surface area (TPSA) is 52.7 Å². The van der Waals surface area contributed by atoms with Crippen LogP contribution in [0.5, 0.6) is 0 Å². The molecule has 2 heterocycles. The number of rotatable bonds is 3. The monoisotopic (exact) mass is 271 g/mol. The van der Waals surface area contributed by atoms with E-state index < -0.39 is 0 Å². The molecule has 1 atom stereocenters. The summed E-state index contributed by atoms with van der Waals surface area (Å²) >= 11 is 1.76. The molecule has 0 aromatic carbocycles. The number of hydrogen-bond acceptors (Lipinski definition) is 4. The van der Waals surface area contributed by atoms with Gasteiger partial charge in [-0.2, -0.15) is 0 Å². The lowest BCUT2D eigenvalue weighted by Crippen LogP contribution is -2.54. The summed E-state index contributed by atoms with van der Waals surface area (Å²) in [7, 11) is 0. The minimum Gasteiger partial charge on any atom is -0.339 e. The zero-order valence-electron chi connectivity index (χ0n) is 10.9. The van der Waals surface area contributed by atoms with Crippen molar-refractivity contribution in [1.29, 1.82) is 0 Å². The number of nitrogens with one attached hydrogen (secondary N) is 1. The molecule has 102 valence electrons. The molecular weight excluding hydrogens is 250 g/mol. The molecular formula is C12H21N3O2S. The van der Waals surface area contributed by atoms with E-state index in [1.165, 1.54) is 0 Å². The van der Waals surface area contributed by atoms with Crippen molar-refractivity contribution >= 4 is 23.6 Å². The Balaban J connectivity index is 1.79. The van der Waals surface area contributed by atoms with Crippen LogP contribution >= 0.6 is 11.8 Å². The molecule has 2 amide bonds. The Hall–Kier alpha value is -0.750. The molecule has 2 rings (SSSR count). The first-order valence-corrected chi connectivity index (χ1v) is 7.75. The summed E-state index contributed by atoms with van der Waals surface area (Å²) in [6, 6.07) is -0.0205. The Morgan fingerprint density at radius 3 is 2.44 bits per heavy atom. The molecule has 2 saturated heterocycles. The van der Waals surface area contributed by atoms with Gasteiger partial charge >= 0.3 is 0 Å². The fraction of sp³-hybridized carbons (Fsp3) is 0.833. The van der Waals surface area contributed by atoms with Crippen molar-refractivity contribution in [1.82, 2.24) is 15.1 Å². The summed E-state index contributed by atoms with van der Waals surface area (Å²) in [4.78, 5) is 27.7. The smallest absolute Gasteiger partial charge is 0.240 e. The lowest BCUT2D eigenvalue weighted by Gasteiger charge is -2.35. The van der Waals surface area contributed by atoms with E-state index in [9.17, 15) is 9.59 Å². The Morgan fingerprint density at radius 2 is 1.89 bits per heavy atom. The number of carbonyl (C=O) groups excluding carboxylic acids is 2. The van der Waals surface area contributed by atoms with Crippen LogP contribution in [0.3, 0.4) is 0 Å². The van der Waals surface area contributed by atoms with E-state index in [0.717, 1.165) is 18.1 Å². The Morgan fingerprint density at radius 1 is 1.22 bits per heavy atom. The first kappa shape index (κ1) is 13.7. The van der Waals surface area contributed by atoms with Gasteiger partial charge in [-0.05, 0) is 6.42 Å². The van der Waals surface area contributed by atoms with Crippen molar-refractivity contribution in [2.45, 2.75) is 25.8 Å². The maximum atomic E-state index is 12.1. The van der Waals surface area contributed by atoms with E-state index in [4.69, 9.17) is 0 Å². The van der Waals surface area contributed by atoms with Crippen LogP contribution in [-0.4, -0.2) is 65.5 Å². The molecule has 0 saturated carbocycles. The van der Waals surface area contributed by atoms with Crippen LogP contribution in [0.2, 0.25) is 0 Å². The maximum Gasteiger partial charge on any atom is 0.240 e. The highest BCUT2D eigenvalue weighted by Gasteiger charge is 2.30. The summed E-state index contributed by atoms with van der Waals surface area (Å²) < 4.78 is 0. The minimum atomic E-state index is -0.0205. The molecule has 0 aromatic rings. The SMILES string of the molecule is CCCC(=O)N1CCN(C(=O)C2CSCN2)CC1. The molecule has 1 N–H and O–H groups in total. The van der Waals surface area contributed by atoms with Gasteiger partial charge in [0.25, 0.3) is 0 Å². The standard InChI is InChI=1S/C12H21N3O2S/c1-2-3-11(16)14-4-6-15(7-5-14)12(17)10-8-18-9-13-10/h10,13H,2-9H2,1H3. The molecule has 6 heteroatoms. The van der Waals surface area contributed by atoms with Gasteiger partial charge in [-0.25, -0.2) is 0 Å². The van der Waals surface area contributed by atoms with Gasteiger partial charge in [-0.1, -0.05) is 6.92 Å². The van der Waals surface area contributed by atoms with Crippen LogP contribution in [0.25, 0.3) is 0 Å². The van der Waals surface area contributed by atoms with Crippen molar-refractivity contribution < 1.29 is 9.59 Å². The summed E-state index contributed by atoms with van der Waals surface area (Å²) in [5, 5.41) is 3.20.